The van der Waals surface area contributed by atoms with Gasteiger partial charge in [0.15, 0.2) is 12.4 Å². The van der Waals surface area contributed by atoms with Crippen LogP contribution in [0, 0.1) is 5.82 Å². The van der Waals surface area contributed by atoms with Crippen LogP contribution in [0.5, 0.6) is 5.75 Å². The van der Waals surface area contributed by atoms with E-state index in [0.717, 1.165) is 18.5 Å². The largest absolute Gasteiger partial charge is 0.481 e. The van der Waals surface area contributed by atoms with Crippen LogP contribution in [0.25, 0.3) is 22.3 Å². The molecule has 2 heterocycles. The first kappa shape index (κ1) is 21.5. The quantitative estimate of drug-likeness (QED) is 0.326. The van der Waals surface area contributed by atoms with E-state index in [-0.39, 0.29) is 27.3 Å². The van der Waals surface area contributed by atoms with Crippen molar-refractivity contribution in [1.82, 2.24) is 10.6 Å². The number of halogens is 3. The maximum atomic E-state index is 13.4. The summed E-state index contributed by atoms with van der Waals surface area (Å²) in [4.78, 5) is 24.5. The van der Waals surface area contributed by atoms with Crippen molar-refractivity contribution in [1.29, 1.82) is 0 Å². The van der Waals surface area contributed by atoms with E-state index in [1.54, 1.807) is 12.1 Å². The third-order valence-electron chi connectivity index (χ3n) is 4.21. The molecule has 2 aromatic heterocycles. The predicted octanol–water partition coefficient (Wildman–Crippen LogP) is 4.42. The number of carbonyl (C=O) groups excluding carboxylic acids is 1. The lowest BCUT2D eigenvalue weighted by Gasteiger charge is -2.11. The third-order valence-corrected chi connectivity index (χ3v) is 4.71. The molecular formula is C21H12Cl2FN3O5. The van der Waals surface area contributed by atoms with Crippen molar-refractivity contribution in [2.75, 3.05) is 6.61 Å². The Morgan fingerprint density at radius 1 is 1.25 bits per heavy atom. The van der Waals surface area contributed by atoms with Crippen LogP contribution in [0.4, 0.5) is 4.39 Å². The van der Waals surface area contributed by atoms with Crippen molar-refractivity contribution in [2.45, 2.75) is 0 Å². The first-order chi connectivity index (χ1) is 15.4. The van der Waals surface area contributed by atoms with Gasteiger partial charge >= 0.3 is 0 Å². The average molecular weight is 476 g/mol. The van der Waals surface area contributed by atoms with Gasteiger partial charge in [-0.05, 0) is 30.3 Å². The molecule has 0 spiro atoms. The Kier molecular flexibility index (Phi) is 6.20. The standard InChI is InChI=1S/C21H12Cl2FN3O5/c22-12-5-15(18-3-4-26-32-18)21(16(23)6-12)31-10-19(28)27-25-8-11-9-30-17-2-1-13(24)7-14(17)20(11)29/h1-9H,10H2,(H,27,28)/b25-8+. The fraction of sp³-hybridized carbons (Fsp3) is 0.0476. The Balaban J connectivity index is 1.45. The number of hydrogen-bond donors (Lipinski definition) is 1. The summed E-state index contributed by atoms with van der Waals surface area (Å²) in [5, 5.41) is 7.91. The van der Waals surface area contributed by atoms with Crippen LogP contribution in [-0.4, -0.2) is 23.9 Å². The Labute approximate surface area is 189 Å². The topological polar surface area (TPSA) is 107 Å². The number of benzene rings is 2. The minimum absolute atomic E-state index is 0.0256. The summed E-state index contributed by atoms with van der Waals surface area (Å²) in [7, 11) is 0. The number of aromatic nitrogens is 1. The zero-order chi connectivity index (χ0) is 22.7. The Morgan fingerprint density at radius 3 is 2.88 bits per heavy atom. The highest BCUT2D eigenvalue weighted by Gasteiger charge is 2.16. The number of carbonyl (C=O) groups is 1. The van der Waals surface area contributed by atoms with Gasteiger partial charge in [0.05, 0.1) is 33.9 Å². The number of rotatable bonds is 6. The number of nitrogens with zero attached hydrogens (tertiary/aromatic N) is 2. The molecule has 0 fully saturated rings. The summed E-state index contributed by atoms with van der Waals surface area (Å²) in [5.41, 5.74) is 2.39. The van der Waals surface area contributed by atoms with Gasteiger partial charge in [0.2, 0.25) is 5.43 Å². The molecule has 0 saturated heterocycles. The van der Waals surface area contributed by atoms with Gasteiger partial charge in [-0.2, -0.15) is 5.10 Å². The normalized spacial score (nSPS) is 11.2. The van der Waals surface area contributed by atoms with Crippen molar-refractivity contribution in [2.24, 2.45) is 5.10 Å². The molecule has 162 valence electrons. The summed E-state index contributed by atoms with van der Waals surface area (Å²) in [6, 6.07) is 8.19. The molecule has 1 N–H and O–H groups in total. The molecule has 0 radical (unpaired) electrons. The number of ether oxygens (including phenoxy) is 1. The van der Waals surface area contributed by atoms with E-state index in [9.17, 15) is 14.0 Å². The van der Waals surface area contributed by atoms with E-state index in [1.165, 1.54) is 24.4 Å². The first-order valence-corrected chi connectivity index (χ1v) is 9.74. The highest BCUT2D eigenvalue weighted by Crippen LogP contribution is 2.38. The van der Waals surface area contributed by atoms with E-state index in [4.69, 9.17) is 36.9 Å². The van der Waals surface area contributed by atoms with Crippen molar-refractivity contribution in [3.05, 3.63) is 80.5 Å². The predicted molar refractivity (Wildman–Crippen MR) is 116 cm³/mol. The van der Waals surface area contributed by atoms with E-state index >= 15 is 0 Å². The van der Waals surface area contributed by atoms with Gasteiger partial charge in [-0.3, -0.25) is 9.59 Å². The zero-order valence-electron chi connectivity index (χ0n) is 16.0. The number of fused-ring (bicyclic) bond motifs is 1. The van der Waals surface area contributed by atoms with Crippen molar-refractivity contribution < 1.29 is 22.9 Å². The first-order valence-electron chi connectivity index (χ1n) is 8.98. The molecule has 8 nitrogen and oxygen atoms in total. The van der Waals surface area contributed by atoms with Gasteiger partial charge in [-0.15, -0.1) is 0 Å². The molecule has 0 saturated carbocycles. The van der Waals surface area contributed by atoms with Crippen LogP contribution < -0.4 is 15.6 Å². The average Bonchev–Trinajstić information content (AvgIpc) is 3.29. The van der Waals surface area contributed by atoms with Gasteiger partial charge in [0, 0.05) is 11.1 Å². The monoisotopic (exact) mass is 475 g/mol. The Morgan fingerprint density at radius 2 is 2.09 bits per heavy atom. The molecule has 4 rings (SSSR count). The molecule has 4 aromatic rings. The lowest BCUT2D eigenvalue weighted by atomic mass is 10.1. The number of nitrogens with one attached hydrogen (secondary N) is 1. The molecular weight excluding hydrogens is 464 g/mol. The molecule has 0 bridgehead atoms. The summed E-state index contributed by atoms with van der Waals surface area (Å²) in [6.45, 7) is -0.447. The van der Waals surface area contributed by atoms with Crippen molar-refractivity contribution in [3.8, 4) is 17.1 Å². The molecule has 0 aliphatic rings. The fourth-order valence-corrected chi connectivity index (χ4v) is 3.34. The third kappa shape index (κ3) is 4.63. The molecule has 1 amide bonds. The number of amides is 1. The Bertz CT molecular complexity index is 1390. The second kappa shape index (κ2) is 9.21. The summed E-state index contributed by atoms with van der Waals surface area (Å²) in [6.07, 6.45) is 3.68. The highest BCUT2D eigenvalue weighted by molar-refractivity contribution is 6.36. The molecule has 32 heavy (non-hydrogen) atoms. The SMILES string of the molecule is O=C(COc1c(Cl)cc(Cl)cc1-c1ccno1)N/N=C/c1coc2ccc(F)cc2c1=O. The van der Waals surface area contributed by atoms with Crippen molar-refractivity contribution >= 4 is 46.3 Å². The summed E-state index contributed by atoms with van der Waals surface area (Å²) < 4.78 is 29.3. The van der Waals surface area contributed by atoms with Crippen LogP contribution in [0.3, 0.4) is 0 Å². The maximum absolute atomic E-state index is 13.4. The van der Waals surface area contributed by atoms with Gasteiger partial charge < -0.3 is 13.7 Å². The molecule has 11 heteroatoms. The summed E-state index contributed by atoms with van der Waals surface area (Å²) >= 11 is 12.2. The van der Waals surface area contributed by atoms with Crippen LogP contribution >= 0.6 is 23.2 Å². The van der Waals surface area contributed by atoms with Gasteiger partial charge in [0.25, 0.3) is 5.91 Å². The second-order valence-corrected chi connectivity index (χ2v) is 7.23. The smallest absolute Gasteiger partial charge is 0.277 e. The molecule has 0 atom stereocenters. The lowest BCUT2D eigenvalue weighted by molar-refractivity contribution is -0.123. The van der Waals surface area contributed by atoms with Crippen LogP contribution in [-0.2, 0) is 4.79 Å². The number of hydrogen-bond acceptors (Lipinski definition) is 7. The van der Waals surface area contributed by atoms with E-state index in [0.29, 0.717) is 16.3 Å². The van der Waals surface area contributed by atoms with E-state index < -0.39 is 23.8 Å². The minimum atomic E-state index is -0.632. The minimum Gasteiger partial charge on any atom is -0.481 e. The second-order valence-electron chi connectivity index (χ2n) is 6.38. The van der Waals surface area contributed by atoms with E-state index in [1.807, 2.05) is 0 Å². The van der Waals surface area contributed by atoms with Gasteiger partial charge in [-0.25, -0.2) is 9.82 Å². The van der Waals surface area contributed by atoms with E-state index in [2.05, 4.69) is 15.7 Å². The highest BCUT2D eigenvalue weighted by atomic mass is 35.5. The van der Waals surface area contributed by atoms with Crippen LogP contribution in [0.2, 0.25) is 10.0 Å². The van der Waals surface area contributed by atoms with Crippen molar-refractivity contribution in [3.63, 3.8) is 0 Å². The molecule has 0 aliphatic heterocycles. The van der Waals surface area contributed by atoms with Crippen LogP contribution in [0.1, 0.15) is 5.56 Å². The fourth-order valence-electron chi connectivity index (χ4n) is 2.80. The molecule has 0 aliphatic carbocycles. The lowest BCUT2D eigenvalue weighted by Crippen LogP contribution is -2.25. The zero-order valence-corrected chi connectivity index (χ0v) is 17.5. The van der Waals surface area contributed by atoms with Crippen LogP contribution in [0.15, 0.2) is 67.7 Å². The molecule has 0 unspecified atom stereocenters. The number of hydrazone groups is 1. The summed E-state index contributed by atoms with van der Waals surface area (Å²) in [5.74, 6) is -0.687. The maximum Gasteiger partial charge on any atom is 0.277 e. The molecule has 2 aromatic carbocycles. The Hall–Kier alpha value is -3.69. The van der Waals surface area contributed by atoms with Gasteiger partial charge in [-0.1, -0.05) is 28.4 Å². The van der Waals surface area contributed by atoms with Gasteiger partial charge in [0.1, 0.15) is 23.4 Å².